The number of halogens is 1. The van der Waals surface area contributed by atoms with Crippen molar-refractivity contribution < 1.29 is 4.79 Å². The maximum Gasteiger partial charge on any atom is 0.120 e. The minimum absolute atomic E-state index is 0.120. The van der Waals surface area contributed by atoms with Crippen LogP contribution in [0.3, 0.4) is 0 Å². The Labute approximate surface area is 100 Å². The zero-order valence-electron chi connectivity index (χ0n) is 9.46. The van der Waals surface area contributed by atoms with Gasteiger partial charge in [-0.2, -0.15) is 0 Å². The topological polar surface area (TPSA) is 17.1 Å². The van der Waals surface area contributed by atoms with Crippen LogP contribution in [-0.4, -0.2) is 6.29 Å². The highest BCUT2D eigenvalue weighted by Gasteiger charge is 2.25. The molecular formula is C13H17BrO. The van der Waals surface area contributed by atoms with E-state index >= 15 is 0 Å². The molecule has 0 heterocycles. The standard InChI is InChI=1S/C13H17BrO/c1-13(2,3)12(8-9-15)10-4-6-11(14)7-5-10/h4-7,9,12H,8H2,1-3H3. The van der Waals surface area contributed by atoms with Gasteiger partial charge in [-0.15, -0.1) is 0 Å². The Bertz CT molecular complexity index is 321. The zero-order valence-corrected chi connectivity index (χ0v) is 11.0. The van der Waals surface area contributed by atoms with Crippen LogP contribution in [-0.2, 0) is 4.79 Å². The van der Waals surface area contributed by atoms with Crippen molar-refractivity contribution in [1.82, 2.24) is 0 Å². The van der Waals surface area contributed by atoms with Gasteiger partial charge in [0.25, 0.3) is 0 Å². The number of benzene rings is 1. The molecule has 0 saturated carbocycles. The normalized spacial score (nSPS) is 13.6. The van der Waals surface area contributed by atoms with Crippen molar-refractivity contribution in [2.75, 3.05) is 0 Å². The van der Waals surface area contributed by atoms with E-state index in [2.05, 4.69) is 48.8 Å². The van der Waals surface area contributed by atoms with Crippen LogP contribution in [0.5, 0.6) is 0 Å². The number of hydrogen-bond acceptors (Lipinski definition) is 1. The lowest BCUT2D eigenvalue weighted by molar-refractivity contribution is -0.108. The molecule has 0 fully saturated rings. The van der Waals surface area contributed by atoms with E-state index in [1.807, 2.05) is 12.1 Å². The quantitative estimate of drug-likeness (QED) is 0.753. The van der Waals surface area contributed by atoms with Crippen molar-refractivity contribution in [2.45, 2.75) is 33.1 Å². The minimum atomic E-state index is 0.120. The van der Waals surface area contributed by atoms with E-state index in [4.69, 9.17) is 0 Å². The average Bonchev–Trinajstić information content (AvgIpc) is 2.14. The van der Waals surface area contributed by atoms with Crippen molar-refractivity contribution >= 4 is 22.2 Å². The van der Waals surface area contributed by atoms with E-state index in [-0.39, 0.29) is 5.41 Å². The molecule has 1 unspecified atom stereocenters. The van der Waals surface area contributed by atoms with Crippen LogP contribution in [0.25, 0.3) is 0 Å². The maximum absolute atomic E-state index is 10.7. The number of carbonyl (C=O) groups excluding carboxylic acids is 1. The van der Waals surface area contributed by atoms with Crippen LogP contribution in [0.15, 0.2) is 28.7 Å². The summed E-state index contributed by atoms with van der Waals surface area (Å²) in [7, 11) is 0. The third-order valence-electron chi connectivity index (χ3n) is 2.65. The SMILES string of the molecule is CC(C)(C)C(CC=O)c1ccc(Br)cc1. The van der Waals surface area contributed by atoms with Gasteiger partial charge in [0.05, 0.1) is 0 Å². The van der Waals surface area contributed by atoms with E-state index in [1.54, 1.807) is 0 Å². The van der Waals surface area contributed by atoms with Crippen LogP contribution in [0.2, 0.25) is 0 Å². The highest BCUT2D eigenvalue weighted by molar-refractivity contribution is 9.10. The molecule has 0 aliphatic rings. The lowest BCUT2D eigenvalue weighted by Gasteiger charge is -2.29. The van der Waals surface area contributed by atoms with Gasteiger partial charge in [-0.1, -0.05) is 48.8 Å². The summed E-state index contributed by atoms with van der Waals surface area (Å²) in [5.74, 6) is 0.295. The molecule has 0 aliphatic heterocycles. The second-order valence-corrected chi connectivity index (χ2v) is 5.79. The van der Waals surface area contributed by atoms with Crippen LogP contribution in [0.4, 0.5) is 0 Å². The van der Waals surface area contributed by atoms with Crippen molar-refractivity contribution in [2.24, 2.45) is 5.41 Å². The first-order valence-corrected chi connectivity index (χ1v) is 5.93. The molecule has 0 saturated heterocycles. The Balaban J connectivity index is 2.99. The molecule has 82 valence electrons. The van der Waals surface area contributed by atoms with Gasteiger partial charge < -0.3 is 4.79 Å². The van der Waals surface area contributed by atoms with Gasteiger partial charge in [-0.05, 0) is 29.0 Å². The molecule has 0 amide bonds. The number of rotatable bonds is 3. The number of carbonyl (C=O) groups is 1. The average molecular weight is 269 g/mol. The number of hydrogen-bond donors (Lipinski definition) is 0. The van der Waals surface area contributed by atoms with E-state index < -0.39 is 0 Å². The van der Waals surface area contributed by atoms with Gasteiger partial charge >= 0.3 is 0 Å². The smallest absolute Gasteiger partial charge is 0.120 e. The first-order chi connectivity index (χ1) is 6.95. The van der Waals surface area contributed by atoms with Crippen molar-refractivity contribution in [3.05, 3.63) is 34.3 Å². The first kappa shape index (κ1) is 12.4. The predicted molar refractivity (Wildman–Crippen MR) is 67.0 cm³/mol. The van der Waals surface area contributed by atoms with E-state index in [0.717, 1.165) is 10.8 Å². The molecule has 0 aliphatic carbocycles. The molecule has 1 aromatic carbocycles. The van der Waals surface area contributed by atoms with E-state index in [1.165, 1.54) is 5.56 Å². The summed E-state index contributed by atoms with van der Waals surface area (Å²) in [6.45, 7) is 6.51. The zero-order chi connectivity index (χ0) is 11.5. The van der Waals surface area contributed by atoms with Crippen LogP contribution in [0, 0.1) is 5.41 Å². The van der Waals surface area contributed by atoms with Gasteiger partial charge in [-0.25, -0.2) is 0 Å². The maximum atomic E-state index is 10.7. The highest BCUT2D eigenvalue weighted by atomic mass is 79.9. The van der Waals surface area contributed by atoms with E-state index in [0.29, 0.717) is 12.3 Å². The summed E-state index contributed by atoms with van der Waals surface area (Å²) in [4.78, 5) is 10.7. The summed E-state index contributed by atoms with van der Waals surface area (Å²) >= 11 is 3.41. The molecule has 1 aromatic rings. The Kier molecular flexibility index (Phi) is 4.09. The second-order valence-electron chi connectivity index (χ2n) is 4.87. The summed E-state index contributed by atoms with van der Waals surface area (Å²) in [5, 5.41) is 0. The van der Waals surface area contributed by atoms with Crippen molar-refractivity contribution in [3.63, 3.8) is 0 Å². The molecule has 0 N–H and O–H groups in total. The largest absolute Gasteiger partial charge is 0.303 e. The lowest BCUT2D eigenvalue weighted by atomic mass is 9.75. The summed E-state index contributed by atoms with van der Waals surface area (Å²) in [6.07, 6.45) is 1.60. The van der Waals surface area contributed by atoms with Gasteiger partial charge in [-0.3, -0.25) is 0 Å². The Morgan fingerprint density at radius 3 is 2.20 bits per heavy atom. The Morgan fingerprint density at radius 1 is 1.27 bits per heavy atom. The molecule has 1 rings (SSSR count). The summed E-state index contributed by atoms with van der Waals surface area (Å²) in [5.41, 5.74) is 1.35. The van der Waals surface area contributed by atoms with Crippen LogP contribution >= 0.6 is 15.9 Å². The highest BCUT2D eigenvalue weighted by Crippen LogP contribution is 2.37. The van der Waals surface area contributed by atoms with Gasteiger partial charge in [0.1, 0.15) is 6.29 Å². The van der Waals surface area contributed by atoms with Gasteiger partial charge in [0, 0.05) is 10.9 Å². The Hall–Kier alpha value is -0.630. The summed E-state index contributed by atoms with van der Waals surface area (Å²) < 4.78 is 1.07. The molecule has 1 atom stereocenters. The third kappa shape index (κ3) is 3.45. The van der Waals surface area contributed by atoms with Crippen molar-refractivity contribution in [3.8, 4) is 0 Å². The fourth-order valence-corrected chi connectivity index (χ4v) is 2.05. The molecule has 0 bridgehead atoms. The summed E-state index contributed by atoms with van der Waals surface area (Å²) in [6, 6.07) is 8.23. The fraction of sp³-hybridized carbons (Fsp3) is 0.462. The lowest BCUT2D eigenvalue weighted by Crippen LogP contribution is -2.18. The fourth-order valence-electron chi connectivity index (χ4n) is 1.78. The van der Waals surface area contributed by atoms with Crippen LogP contribution in [0.1, 0.15) is 38.7 Å². The molecule has 15 heavy (non-hydrogen) atoms. The van der Waals surface area contributed by atoms with E-state index in [9.17, 15) is 4.79 Å². The molecule has 1 nitrogen and oxygen atoms in total. The first-order valence-electron chi connectivity index (χ1n) is 5.14. The molecule has 0 radical (unpaired) electrons. The van der Waals surface area contributed by atoms with Gasteiger partial charge in [0.2, 0.25) is 0 Å². The van der Waals surface area contributed by atoms with Gasteiger partial charge in [0.15, 0.2) is 0 Å². The molecule has 0 spiro atoms. The van der Waals surface area contributed by atoms with Crippen LogP contribution < -0.4 is 0 Å². The number of aldehydes is 1. The third-order valence-corrected chi connectivity index (χ3v) is 3.18. The Morgan fingerprint density at radius 2 is 1.80 bits per heavy atom. The minimum Gasteiger partial charge on any atom is -0.303 e. The molecule has 2 heteroatoms. The molecule has 0 aromatic heterocycles. The van der Waals surface area contributed by atoms with Crippen molar-refractivity contribution in [1.29, 1.82) is 0 Å². The molecular weight excluding hydrogens is 252 g/mol. The monoisotopic (exact) mass is 268 g/mol. The second kappa shape index (κ2) is 4.93. The predicted octanol–water partition coefficient (Wildman–Crippen LogP) is 4.17.